The molecule has 1 aliphatic heterocycles. The van der Waals surface area contributed by atoms with Gasteiger partial charge in [0.15, 0.2) is 0 Å². The summed E-state index contributed by atoms with van der Waals surface area (Å²) in [6.45, 7) is 1.94. The third-order valence-corrected chi connectivity index (χ3v) is 4.52. The van der Waals surface area contributed by atoms with Crippen molar-refractivity contribution < 1.29 is 17.9 Å². The van der Waals surface area contributed by atoms with Gasteiger partial charge in [-0.25, -0.2) is 8.42 Å². The lowest BCUT2D eigenvalue weighted by molar-refractivity contribution is 0.0497. The molecule has 1 fully saturated rings. The monoisotopic (exact) mass is 315 g/mol. The largest absolute Gasteiger partial charge is 0.492 e. The van der Waals surface area contributed by atoms with Crippen LogP contribution >= 0.6 is 10.7 Å². The SMILES string of the molecule is N#Cc1cc(S(=O)(=O)Cl)ccc1OCC1CCOCC1. The predicted octanol–water partition coefficient (Wildman–Crippen LogP) is 2.29. The summed E-state index contributed by atoms with van der Waals surface area (Å²) in [6, 6.07) is 5.95. The molecule has 0 radical (unpaired) electrons. The quantitative estimate of drug-likeness (QED) is 0.797. The number of hydrogen-bond donors (Lipinski definition) is 0. The van der Waals surface area contributed by atoms with E-state index in [-0.39, 0.29) is 10.5 Å². The van der Waals surface area contributed by atoms with Crippen molar-refractivity contribution in [3.8, 4) is 11.8 Å². The minimum absolute atomic E-state index is 0.103. The second kappa shape index (κ2) is 6.44. The maximum Gasteiger partial charge on any atom is 0.261 e. The fraction of sp³-hybridized carbons (Fsp3) is 0.462. The summed E-state index contributed by atoms with van der Waals surface area (Å²) in [5, 5.41) is 9.06. The van der Waals surface area contributed by atoms with Crippen LogP contribution in [0.5, 0.6) is 5.75 Å². The van der Waals surface area contributed by atoms with Gasteiger partial charge in [0.25, 0.3) is 9.05 Å². The summed E-state index contributed by atoms with van der Waals surface area (Å²) in [5.74, 6) is 0.773. The highest BCUT2D eigenvalue weighted by molar-refractivity contribution is 8.13. The Morgan fingerprint density at radius 2 is 2.10 bits per heavy atom. The van der Waals surface area contributed by atoms with E-state index in [1.807, 2.05) is 6.07 Å². The van der Waals surface area contributed by atoms with Gasteiger partial charge < -0.3 is 9.47 Å². The van der Waals surface area contributed by atoms with E-state index in [1.165, 1.54) is 18.2 Å². The normalized spacial score (nSPS) is 16.6. The van der Waals surface area contributed by atoms with Crippen LogP contribution in [0.4, 0.5) is 0 Å². The van der Waals surface area contributed by atoms with Crippen LogP contribution < -0.4 is 4.74 Å². The van der Waals surface area contributed by atoms with E-state index in [2.05, 4.69) is 0 Å². The Labute approximate surface area is 122 Å². The van der Waals surface area contributed by atoms with E-state index < -0.39 is 9.05 Å². The molecule has 0 unspecified atom stereocenters. The topological polar surface area (TPSA) is 76.4 Å². The van der Waals surface area contributed by atoms with Crippen LogP contribution in [0.3, 0.4) is 0 Å². The van der Waals surface area contributed by atoms with Crippen LogP contribution in [-0.2, 0) is 13.8 Å². The molecule has 1 saturated heterocycles. The standard InChI is InChI=1S/C13H14ClNO4S/c14-20(16,17)12-1-2-13(11(7-12)8-15)19-9-10-3-5-18-6-4-10/h1-2,7,10H,3-6,9H2. The number of nitriles is 1. The van der Waals surface area contributed by atoms with Gasteiger partial charge in [0.1, 0.15) is 11.8 Å². The Morgan fingerprint density at radius 3 is 2.70 bits per heavy atom. The molecule has 0 saturated carbocycles. The van der Waals surface area contributed by atoms with Crippen molar-refractivity contribution in [2.45, 2.75) is 17.7 Å². The van der Waals surface area contributed by atoms with Crippen LogP contribution in [0, 0.1) is 17.2 Å². The number of nitrogens with zero attached hydrogens (tertiary/aromatic N) is 1. The molecule has 7 heteroatoms. The summed E-state index contributed by atoms with van der Waals surface area (Å²) < 4.78 is 33.3. The molecule has 0 aromatic heterocycles. The highest BCUT2D eigenvalue weighted by atomic mass is 35.7. The van der Waals surface area contributed by atoms with Crippen molar-refractivity contribution in [2.24, 2.45) is 5.92 Å². The van der Waals surface area contributed by atoms with E-state index in [9.17, 15) is 8.42 Å². The van der Waals surface area contributed by atoms with E-state index in [0.717, 1.165) is 26.1 Å². The van der Waals surface area contributed by atoms with Gasteiger partial charge in [-0.15, -0.1) is 0 Å². The van der Waals surface area contributed by atoms with Crippen LogP contribution in [0.2, 0.25) is 0 Å². The number of ether oxygens (including phenoxy) is 2. The Hall–Kier alpha value is -1.29. The van der Waals surface area contributed by atoms with Gasteiger partial charge in [0, 0.05) is 23.9 Å². The first-order valence-electron chi connectivity index (χ1n) is 6.20. The van der Waals surface area contributed by atoms with Crippen molar-refractivity contribution in [1.82, 2.24) is 0 Å². The molecule has 0 N–H and O–H groups in total. The van der Waals surface area contributed by atoms with Crippen LogP contribution in [0.1, 0.15) is 18.4 Å². The zero-order chi connectivity index (χ0) is 14.6. The Balaban J connectivity index is 2.10. The first-order valence-corrected chi connectivity index (χ1v) is 8.51. The molecule has 0 atom stereocenters. The van der Waals surface area contributed by atoms with Gasteiger partial charge in [0.05, 0.1) is 17.1 Å². The van der Waals surface area contributed by atoms with Crippen LogP contribution in [0.25, 0.3) is 0 Å². The number of rotatable bonds is 4. The third kappa shape index (κ3) is 3.85. The van der Waals surface area contributed by atoms with Crippen molar-refractivity contribution in [1.29, 1.82) is 5.26 Å². The molecule has 0 spiro atoms. The minimum atomic E-state index is -3.84. The van der Waals surface area contributed by atoms with E-state index in [1.54, 1.807) is 0 Å². The van der Waals surface area contributed by atoms with Crippen molar-refractivity contribution in [3.05, 3.63) is 23.8 Å². The Morgan fingerprint density at radius 1 is 1.40 bits per heavy atom. The van der Waals surface area contributed by atoms with Crippen molar-refractivity contribution in [3.63, 3.8) is 0 Å². The molecule has 1 aromatic carbocycles. The van der Waals surface area contributed by atoms with E-state index in [0.29, 0.717) is 18.3 Å². The zero-order valence-electron chi connectivity index (χ0n) is 10.7. The molecule has 1 heterocycles. The molecule has 1 aliphatic rings. The van der Waals surface area contributed by atoms with Gasteiger partial charge in [0.2, 0.25) is 0 Å². The van der Waals surface area contributed by atoms with Gasteiger partial charge in [-0.2, -0.15) is 5.26 Å². The van der Waals surface area contributed by atoms with Crippen LogP contribution in [-0.4, -0.2) is 28.2 Å². The molecular weight excluding hydrogens is 302 g/mol. The maximum atomic E-state index is 11.2. The number of halogens is 1. The minimum Gasteiger partial charge on any atom is -0.492 e. The van der Waals surface area contributed by atoms with Gasteiger partial charge in [-0.05, 0) is 37.0 Å². The number of benzene rings is 1. The van der Waals surface area contributed by atoms with Gasteiger partial charge in [-0.1, -0.05) is 0 Å². The summed E-state index contributed by atoms with van der Waals surface area (Å²) in [7, 11) is 1.41. The zero-order valence-corrected chi connectivity index (χ0v) is 12.3. The first-order chi connectivity index (χ1) is 9.50. The Bertz CT molecular complexity index is 618. The molecule has 20 heavy (non-hydrogen) atoms. The van der Waals surface area contributed by atoms with Crippen LogP contribution in [0.15, 0.2) is 23.1 Å². The second-order valence-corrected chi connectivity index (χ2v) is 7.14. The summed E-state index contributed by atoms with van der Waals surface area (Å²) in [6.07, 6.45) is 1.85. The summed E-state index contributed by atoms with van der Waals surface area (Å²) in [5.41, 5.74) is 0.166. The molecule has 0 bridgehead atoms. The van der Waals surface area contributed by atoms with Crippen molar-refractivity contribution in [2.75, 3.05) is 19.8 Å². The lowest BCUT2D eigenvalue weighted by Crippen LogP contribution is -2.21. The molecule has 1 aromatic rings. The lowest BCUT2D eigenvalue weighted by Gasteiger charge is -2.22. The molecule has 2 rings (SSSR count). The summed E-state index contributed by atoms with van der Waals surface area (Å²) in [4.78, 5) is -0.103. The van der Waals surface area contributed by atoms with Gasteiger partial charge in [-0.3, -0.25) is 0 Å². The lowest BCUT2D eigenvalue weighted by atomic mass is 10.0. The maximum absolute atomic E-state index is 11.2. The first kappa shape index (κ1) is 15.1. The predicted molar refractivity (Wildman–Crippen MR) is 73.2 cm³/mol. The van der Waals surface area contributed by atoms with Crippen molar-refractivity contribution >= 4 is 19.7 Å². The second-order valence-electron chi connectivity index (χ2n) is 4.57. The molecule has 0 aliphatic carbocycles. The van der Waals surface area contributed by atoms with E-state index >= 15 is 0 Å². The molecule has 0 amide bonds. The fourth-order valence-electron chi connectivity index (χ4n) is 1.99. The smallest absolute Gasteiger partial charge is 0.261 e. The third-order valence-electron chi connectivity index (χ3n) is 3.17. The van der Waals surface area contributed by atoms with E-state index in [4.69, 9.17) is 25.4 Å². The summed E-state index contributed by atoms with van der Waals surface area (Å²) >= 11 is 0. The highest BCUT2D eigenvalue weighted by Gasteiger charge is 2.17. The molecule has 5 nitrogen and oxygen atoms in total. The Kier molecular flexibility index (Phi) is 4.86. The molecular formula is C13H14ClNO4S. The molecule has 108 valence electrons. The number of hydrogen-bond acceptors (Lipinski definition) is 5. The average Bonchev–Trinajstić information content (AvgIpc) is 2.45. The fourth-order valence-corrected chi connectivity index (χ4v) is 2.77. The highest BCUT2D eigenvalue weighted by Crippen LogP contribution is 2.25. The average molecular weight is 316 g/mol. The van der Waals surface area contributed by atoms with Gasteiger partial charge >= 0.3 is 0 Å².